The first kappa shape index (κ1) is 11.7. The predicted octanol–water partition coefficient (Wildman–Crippen LogP) is 4.06. The zero-order valence-corrected chi connectivity index (χ0v) is 11.5. The molecule has 1 aliphatic carbocycles. The van der Waals surface area contributed by atoms with Crippen LogP contribution in [-0.4, -0.2) is 9.85 Å². The quantitative estimate of drug-likeness (QED) is 0.803. The summed E-state index contributed by atoms with van der Waals surface area (Å²) in [5.74, 6) is 1.10. The Kier molecular flexibility index (Phi) is 2.82. The van der Waals surface area contributed by atoms with E-state index in [1.165, 1.54) is 0 Å². The smallest absolute Gasteiger partial charge is 0.233 e. The van der Waals surface area contributed by atoms with Crippen LogP contribution in [0.4, 0.5) is 0 Å². The Morgan fingerprint density at radius 3 is 2.72 bits per heavy atom. The molecule has 4 heteroatoms. The van der Waals surface area contributed by atoms with E-state index in [1.54, 1.807) is 0 Å². The normalized spacial score (nSPS) is 14.8. The fourth-order valence-corrected chi connectivity index (χ4v) is 2.52. The highest BCUT2D eigenvalue weighted by Crippen LogP contribution is 2.44. The lowest BCUT2D eigenvalue weighted by Crippen LogP contribution is -1.95. The van der Waals surface area contributed by atoms with Gasteiger partial charge in [-0.25, -0.2) is 0 Å². The second-order valence-electron chi connectivity index (χ2n) is 4.63. The Morgan fingerprint density at radius 1 is 1.39 bits per heavy atom. The Hall–Kier alpha value is -1.42. The first-order valence-electron chi connectivity index (χ1n) is 5.94. The van der Waals surface area contributed by atoms with E-state index in [0.717, 1.165) is 29.7 Å². The molecule has 1 aromatic heterocycles. The molecule has 0 N–H and O–H groups in total. The standard InChI is InChI=1S/C14H12BrNO2/c1-8-4-2-3-5-10(8)12-11(14(15)17)13(18-16-12)9-6-7-9/h2-5,9H,6-7H2,1H3. The molecule has 1 aliphatic rings. The molecule has 18 heavy (non-hydrogen) atoms. The number of hydrogen-bond acceptors (Lipinski definition) is 3. The van der Waals surface area contributed by atoms with E-state index >= 15 is 0 Å². The van der Waals surface area contributed by atoms with Crippen molar-refractivity contribution in [2.45, 2.75) is 25.7 Å². The number of rotatable bonds is 3. The summed E-state index contributed by atoms with van der Waals surface area (Å²) in [7, 11) is 0. The summed E-state index contributed by atoms with van der Waals surface area (Å²) >= 11 is 3.04. The van der Waals surface area contributed by atoms with Crippen molar-refractivity contribution in [2.24, 2.45) is 0 Å². The number of carbonyl (C=O) groups excluding carboxylic acids is 1. The molecule has 92 valence electrons. The van der Waals surface area contributed by atoms with Crippen LogP contribution < -0.4 is 0 Å². The summed E-state index contributed by atoms with van der Waals surface area (Å²) in [6.07, 6.45) is 2.16. The zero-order valence-electron chi connectivity index (χ0n) is 9.94. The topological polar surface area (TPSA) is 43.1 Å². The molecule has 1 aromatic carbocycles. The van der Waals surface area contributed by atoms with Crippen LogP contribution in [0.15, 0.2) is 28.8 Å². The summed E-state index contributed by atoms with van der Waals surface area (Å²) in [4.78, 5) is 11.8. The third kappa shape index (κ3) is 1.90. The highest BCUT2D eigenvalue weighted by atomic mass is 79.9. The molecule has 0 bridgehead atoms. The second-order valence-corrected chi connectivity index (χ2v) is 5.35. The Bertz CT molecular complexity index is 614. The summed E-state index contributed by atoms with van der Waals surface area (Å²) in [6, 6.07) is 7.87. The van der Waals surface area contributed by atoms with Crippen LogP contribution in [0.3, 0.4) is 0 Å². The number of hydrogen-bond donors (Lipinski definition) is 0. The van der Waals surface area contributed by atoms with Crippen LogP contribution in [-0.2, 0) is 0 Å². The largest absolute Gasteiger partial charge is 0.360 e. The van der Waals surface area contributed by atoms with Gasteiger partial charge in [-0.1, -0.05) is 29.4 Å². The number of nitrogens with zero attached hydrogens (tertiary/aromatic N) is 1. The van der Waals surface area contributed by atoms with Gasteiger partial charge in [0, 0.05) is 11.5 Å². The van der Waals surface area contributed by atoms with E-state index in [9.17, 15) is 4.79 Å². The van der Waals surface area contributed by atoms with E-state index in [-0.39, 0.29) is 4.69 Å². The van der Waals surface area contributed by atoms with E-state index in [2.05, 4.69) is 21.1 Å². The molecule has 0 unspecified atom stereocenters. The lowest BCUT2D eigenvalue weighted by molar-refractivity contribution is 0.109. The molecule has 2 aromatic rings. The molecule has 1 saturated carbocycles. The Balaban J connectivity index is 2.18. The first-order chi connectivity index (χ1) is 8.68. The molecule has 1 heterocycles. The van der Waals surface area contributed by atoms with Crippen LogP contribution in [0.5, 0.6) is 0 Å². The number of aromatic nitrogens is 1. The molecule has 0 atom stereocenters. The van der Waals surface area contributed by atoms with Crippen molar-refractivity contribution >= 4 is 20.6 Å². The van der Waals surface area contributed by atoms with E-state index in [4.69, 9.17) is 4.52 Å². The molecule has 0 amide bonds. The SMILES string of the molecule is Cc1ccccc1-c1noc(C2CC2)c1C(=O)Br. The predicted molar refractivity (Wildman–Crippen MR) is 71.9 cm³/mol. The van der Waals surface area contributed by atoms with Crippen molar-refractivity contribution in [1.29, 1.82) is 0 Å². The molecular formula is C14H12BrNO2. The maximum absolute atomic E-state index is 11.8. The van der Waals surface area contributed by atoms with Gasteiger partial charge in [-0.3, -0.25) is 4.79 Å². The van der Waals surface area contributed by atoms with Gasteiger partial charge in [0.2, 0.25) is 4.69 Å². The Labute approximate surface area is 113 Å². The fraction of sp³-hybridized carbons (Fsp3) is 0.286. The summed E-state index contributed by atoms with van der Waals surface area (Å²) < 4.78 is 5.24. The van der Waals surface area contributed by atoms with Crippen LogP contribution >= 0.6 is 15.9 Å². The van der Waals surface area contributed by atoms with Gasteiger partial charge in [-0.05, 0) is 41.3 Å². The molecule has 1 fully saturated rings. The van der Waals surface area contributed by atoms with Crippen molar-refractivity contribution < 1.29 is 9.32 Å². The van der Waals surface area contributed by atoms with E-state index in [1.807, 2.05) is 31.2 Å². The second kappa shape index (κ2) is 4.35. The van der Waals surface area contributed by atoms with Gasteiger partial charge in [-0.2, -0.15) is 0 Å². The van der Waals surface area contributed by atoms with Crippen molar-refractivity contribution in [3.63, 3.8) is 0 Å². The van der Waals surface area contributed by atoms with Crippen LogP contribution in [0.25, 0.3) is 11.3 Å². The maximum Gasteiger partial charge on any atom is 0.233 e. The highest BCUT2D eigenvalue weighted by Gasteiger charge is 2.34. The molecule has 0 spiro atoms. The highest BCUT2D eigenvalue weighted by molar-refractivity contribution is 9.18. The number of benzene rings is 1. The van der Waals surface area contributed by atoms with Gasteiger partial charge < -0.3 is 4.52 Å². The molecule has 0 saturated heterocycles. The summed E-state index contributed by atoms with van der Waals surface area (Å²) in [5, 5.41) is 4.10. The summed E-state index contributed by atoms with van der Waals surface area (Å²) in [6.45, 7) is 2.00. The van der Waals surface area contributed by atoms with Gasteiger partial charge >= 0.3 is 0 Å². The average Bonchev–Trinajstić information content (AvgIpc) is 3.09. The summed E-state index contributed by atoms with van der Waals surface area (Å²) in [5.41, 5.74) is 3.28. The van der Waals surface area contributed by atoms with Gasteiger partial charge in [-0.15, -0.1) is 0 Å². The zero-order chi connectivity index (χ0) is 12.7. The molecule has 0 aliphatic heterocycles. The number of halogens is 1. The molecule has 3 rings (SSSR count). The van der Waals surface area contributed by atoms with Crippen molar-refractivity contribution in [2.75, 3.05) is 0 Å². The Morgan fingerprint density at radius 2 is 2.11 bits per heavy atom. The van der Waals surface area contributed by atoms with E-state index in [0.29, 0.717) is 17.2 Å². The molecular weight excluding hydrogens is 294 g/mol. The third-order valence-corrected chi connectivity index (χ3v) is 3.66. The van der Waals surface area contributed by atoms with Gasteiger partial charge in [0.15, 0.2) is 5.76 Å². The van der Waals surface area contributed by atoms with Gasteiger partial charge in [0.05, 0.1) is 0 Å². The monoisotopic (exact) mass is 305 g/mol. The lowest BCUT2D eigenvalue weighted by atomic mass is 10.0. The molecule has 3 nitrogen and oxygen atoms in total. The van der Waals surface area contributed by atoms with Gasteiger partial charge in [0.1, 0.15) is 11.3 Å². The third-order valence-electron chi connectivity index (χ3n) is 3.26. The minimum absolute atomic E-state index is 0.149. The van der Waals surface area contributed by atoms with E-state index < -0.39 is 0 Å². The van der Waals surface area contributed by atoms with Crippen LogP contribution in [0.1, 0.15) is 40.4 Å². The van der Waals surface area contributed by atoms with Crippen molar-refractivity contribution in [1.82, 2.24) is 5.16 Å². The fourth-order valence-electron chi connectivity index (χ4n) is 2.14. The number of aryl methyl sites for hydroxylation is 1. The number of carbonyl (C=O) groups is 1. The van der Waals surface area contributed by atoms with Crippen LogP contribution in [0, 0.1) is 6.92 Å². The van der Waals surface area contributed by atoms with Crippen molar-refractivity contribution in [3.05, 3.63) is 41.2 Å². The van der Waals surface area contributed by atoms with Crippen LogP contribution in [0.2, 0.25) is 0 Å². The minimum Gasteiger partial charge on any atom is -0.360 e. The first-order valence-corrected chi connectivity index (χ1v) is 6.73. The maximum atomic E-state index is 11.8. The van der Waals surface area contributed by atoms with Gasteiger partial charge in [0.25, 0.3) is 0 Å². The lowest BCUT2D eigenvalue weighted by Gasteiger charge is -2.02. The minimum atomic E-state index is -0.149. The van der Waals surface area contributed by atoms with Crippen molar-refractivity contribution in [3.8, 4) is 11.3 Å². The molecule has 0 radical (unpaired) electrons. The average molecular weight is 306 g/mol.